The smallest absolute Gasteiger partial charge is 0.266 e. The summed E-state index contributed by atoms with van der Waals surface area (Å²) in [4.78, 5) is 34.0. The standard InChI is InChI=1S/C24H23BrN4O2S2/c1-3-27(4-2)22(30)15-28-14-17(19-11-18(25)7-8-20(19)28)10-21-23(31)29(24(32)33-21)13-16-6-5-9-26-12-16/h5-12,14H,3-4,13,15H2,1-2H3/b21-10-. The molecule has 0 bridgehead atoms. The fraction of sp³-hybridized carbons (Fsp3) is 0.250. The van der Waals surface area contributed by atoms with E-state index in [1.54, 1.807) is 17.3 Å². The molecular formula is C24H23BrN4O2S2. The molecule has 2 aromatic heterocycles. The third-order valence-corrected chi connectivity index (χ3v) is 7.39. The van der Waals surface area contributed by atoms with Crippen LogP contribution in [0.1, 0.15) is 25.0 Å². The molecule has 3 aromatic rings. The van der Waals surface area contributed by atoms with E-state index in [1.807, 2.05) is 65.9 Å². The molecule has 33 heavy (non-hydrogen) atoms. The molecule has 0 N–H and O–H groups in total. The Bertz CT molecular complexity index is 1250. The molecule has 3 heterocycles. The van der Waals surface area contributed by atoms with E-state index in [-0.39, 0.29) is 18.4 Å². The number of carbonyl (C=O) groups excluding carboxylic acids is 2. The molecule has 0 spiro atoms. The van der Waals surface area contributed by atoms with Gasteiger partial charge in [-0.1, -0.05) is 46.0 Å². The van der Waals surface area contributed by atoms with Crippen molar-refractivity contribution >= 4 is 73.0 Å². The van der Waals surface area contributed by atoms with Gasteiger partial charge in [0.25, 0.3) is 5.91 Å². The number of aromatic nitrogens is 2. The number of rotatable bonds is 7. The van der Waals surface area contributed by atoms with Crippen LogP contribution in [0.15, 0.2) is 58.3 Å². The summed E-state index contributed by atoms with van der Waals surface area (Å²) in [5.74, 6) is -0.0573. The molecule has 1 aromatic carbocycles. The number of hydrogen-bond donors (Lipinski definition) is 0. The first-order chi connectivity index (χ1) is 15.9. The van der Waals surface area contributed by atoms with Gasteiger partial charge in [0, 0.05) is 52.6 Å². The molecule has 0 unspecified atom stereocenters. The summed E-state index contributed by atoms with van der Waals surface area (Å²) in [6.45, 7) is 5.94. The number of likely N-dealkylation sites (N-methyl/N-ethyl adjacent to an activating group) is 1. The Kier molecular flexibility index (Phi) is 7.31. The average molecular weight is 544 g/mol. The van der Waals surface area contributed by atoms with E-state index in [1.165, 1.54) is 11.8 Å². The normalized spacial score (nSPS) is 15.1. The zero-order chi connectivity index (χ0) is 23.5. The first-order valence-corrected chi connectivity index (χ1v) is 12.6. The van der Waals surface area contributed by atoms with Crippen molar-refractivity contribution < 1.29 is 9.59 Å². The van der Waals surface area contributed by atoms with Gasteiger partial charge in [-0.05, 0) is 49.8 Å². The van der Waals surface area contributed by atoms with E-state index in [0.29, 0.717) is 28.9 Å². The lowest BCUT2D eigenvalue weighted by Gasteiger charge is -2.19. The van der Waals surface area contributed by atoms with Crippen molar-refractivity contribution in [2.24, 2.45) is 0 Å². The van der Waals surface area contributed by atoms with Crippen molar-refractivity contribution in [3.63, 3.8) is 0 Å². The van der Waals surface area contributed by atoms with Crippen LogP contribution in [0.4, 0.5) is 0 Å². The number of carbonyl (C=O) groups is 2. The van der Waals surface area contributed by atoms with E-state index >= 15 is 0 Å². The monoisotopic (exact) mass is 542 g/mol. The van der Waals surface area contributed by atoms with Gasteiger partial charge in [-0.3, -0.25) is 19.5 Å². The number of pyridine rings is 1. The van der Waals surface area contributed by atoms with Gasteiger partial charge >= 0.3 is 0 Å². The third-order valence-electron chi connectivity index (χ3n) is 5.52. The highest BCUT2D eigenvalue weighted by Gasteiger charge is 2.32. The highest BCUT2D eigenvalue weighted by atomic mass is 79.9. The van der Waals surface area contributed by atoms with Gasteiger partial charge in [-0.15, -0.1) is 0 Å². The quantitative estimate of drug-likeness (QED) is 0.308. The molecule has 0 radical (unpaired) electrons. The lowest BCUT2D eigenvalue weighted by molar-refractivity contribution is -0.131. The minimum Gasteiger partial charge on any atom is -0.342 e. The third kappa shape index (κ3) is 5.05. The zero-order valence-electron chi connectivity index (χ0n) is 18.3. The summed E-state index contributed by atoms with van der Waals surface area (Å²) >= 11 is 10.3. The van der Waals surface area contributed by atoms with Gasteiger partial charge in [0.05, 0.1) is 11.4 Å². The molecule has 0 aliphatic carbocycles. The maximum absolute atomic E-state index is 13.1. The number of nitrogens with zero attached hydrogens (tertiary/aromatic N) is 4. The van der Waals surface area contributed by atoms with Crippen LogP contribution in [-0.4, -0.2) is 48.6 Å². The molecular weight excluding hydrogens is 520 g/mol. The summed E-state index contributed by atoms with van der Waals surface area (Å²) in [7, 11) is 0. The molecule has 1 saturated heterocycles. The van der Waals surface area contributed by atoms with Gasteiger partial charge in [0.1, 0.15) is 10.9 Å². The Morgan fingerprint density at radius 3 is 2.76 bits per heavy atom. The molecule has 0 saturated carbocycles. The Morgan fingerprint density at radius 1 is 1.27 bits per heavy atom. The number of benzene rings is 1. The summed E-state index contributed by atoms with van der Waals surface area (Å²) < 4.78 is 3.41. The summed E-state index contributed by atoms with van der Waals surface area (Å²) in [6, 6.07) is 9.72. The lowest BCUT2D eigenvalue weighted by Crippen LogP contribution is -2.33. The number of thioether (sulfide) groups is 1. The largest absolute Gasteiger partial charge is 0.342 e. The molecule has 4 rings (SSSR count). The Labute approximate surface area is 210 Å². The van der Waals surface area contributed by atoms with E-state index in [9.17, 15) is 9.59 Å². The highest BCUT2D eigenvalue weighted by Crippen LogP contribution is 2.35. The SMILES string of the molecule is CCN(CC)C(=O)Cn1cc(/C=C2\SC(=S)N(Cc3cccnc3)C2=O)c2cc(Br)ccc21. The molecule has 170 valence electrons. The second-order valence-electron chi connectivity index (χ2n) is 7.57. The summed E-state index contributed by atoms with van der Waals surface area (Å²) in [6.07, 6.45) is 7.24. The molecule has 1 aliphatic heterocycles. The molecule has 1 aliphatic rings. The summed E-state index contributed by atoms with van der Waals surface area (Å²) in [5.41, 5.74) is 2.74. The van der Waals surface area contributed by atoms with E-state index in [0.717, 1.165) is 26.5 Å². The first-order valence-electron chi connectivity index (χ1n) is 10.6. The van der Waals surface area contributed by atoms with Crippen molar-refractivity contribution in [2.75, 3.05) is 13.1 Å². The number of halogens is 1. The van der Waals surface area contributed by atoms with Gasteiger partial charge in [0.15, 0.2) is 0 Å². The van der Waals surface area contributed by atoms with Crippen molar-refractivity contribution in [2.45, 2.75) is 26.9 Å². The van der Waals surface area contributed by atoms with Crippen LogP contribution in [-0.2, 0) is 22.7 Å². The molecule has 0 atom stereocenters. The maximum Gasteiger partial charge on any atom is 0.266 e. The van der Waals surface area contributed by atoms with Crippen molar-refractivity contribution in [3.8, 4) is 0 Å². The first kappa shape index (κ1) is 23.7. The molecule has 9 heteroatoms. The van der Waals surface area contributed by atoms with Crippen LogP contribution >= 0.6 is 39.9 Å². The van der Waals surface area contributed by atoms with Crippen LogP contribution in [0.2, 0.25) is 0 Å². The predicted octanol–water partition coefficient (Wildman–Crippen LogP) is 5.07. The Morgan fingerprint density at radius 2 is 2.06 bits per heavy atom. The molecule has 2 amide bonds. The summed E-state index contributed by atoms with van der Waals surface area (Å²) in [5, 5.41) is 0.967. The second kappa shape index (κ2) is 10.2. The lowest BCUT2D eigenvalue weighted by atomic mass is 10.1. The van der Waals surface area contributed by atoms with Crippen LogP contribution in [0, 0.1) is 0 Å². The fourth-order valence-electron chi connectivity index (χ4n) is 3.82. The number of amides is 2. The molecule has 6 nitrogen and oxygen atoms in total. The van der Waals surface area contributed by atoms with E-state index in [2.05, 4.69) is 20.9 Å². The van der Waals surface area contributed by atoms with Gasteiger partial charge < -0.3 is 9.47 Å². The van der Waals surface area contributed by atoms with Crippen LogP contribution in [0.5, 0.6) is 0 Å². The van der Waals surface area contributed by atoms with E-state index in [4.69, 9.17) is 12.2 Å². The fourth-order valence-corrected chi connectivity index (χ4v) is 5.42. The highest BCUT2D eigenvalue weighted by molar-refractivity contribution is 9.10. The number of fused-ring (bicyclic) bond motifs is 1. The van der Waals surface area contributed by atoms with Gasteiger partial charge in [-0.2, -0.15) is 0 Å². The minimum absolute atomic E-state index is 0.0640. The Hall–Kier alpha value is -2.49. The average Bonchev–Trinajstić information content (AvgIpc) is 3.26. The van der Waals surface area contributed by atoms with Crippen LogP contribution < -0.4 is 0 Å². The molecule has 1 fully saturated rings. The van der Waals surface area contributed by atoms with Crippen LogP contribution in [0.25, 0.3) is 17.0 Å². The van der Waals surface area contributed by atoms with Gasteiger partial charge in [-0.25, -0.2) is 0 Å². The minimum atomic E-state index is -0.121. The van der Waals surface area contributed by atoms with Crippen molar-refractivity contribution in [1.29, 1.82) is 0 Å². The maximum atomic E-state index is 13.1. The zero-order valence-corrected chi connectivity index (χ0v) is 21.5. The van der Waals surface area contributed by atoms with Crippen molar-refractivity contribution in [1.82, 2.24) is 19.4 Å². The van der Waals surface area contributed by atoms with E-state index < -0.39 is 0 Å². The predicted molar refractivity (Wildman–Crippen MR) is 141 cm³/mol. The topological polar surface area (TPSA) is 58.4 Å². The Balaban J connectivity index is 1.66. The number of hydrogen-bond acceptors (Lipinski definition) is 5. The van der Waals surface area contributed by atoms with Crippen LogP contribution in [0.3, 0.4) is 0 Å². The van der Waals surface area contributed by atoms with Gasteiger partial charge in [0.2, 0.25) is 5.91 Å². The van der Waals surface area contributed by atoms with Crippen molar-refractivity contribution in [3.05, 3.63) is 69.4 Å². The second-order valence-corrected chi connectivity index (χ2v) is 10.2. The number of thiocarbonyl (C=S) groups is 1.